The summed E-state index contributed by atoms with van der Waals surface area (Å²) in [6, 6.07) is 10.4. The topological polar surface area (TPSA) is 75.4 Å². The van der Waals surface area contributed by atoms with E-state index in [1.54, 1.807) is 4.90 Å². The van der Waals surface area contributed by atoms with Crippen molar-refractivity contribution in [3.8, 4) is 0 Å². The van der Waals surface area contributed by atoms with Gasteiger partial charge in [0.15, 0.2) is 0 Å². The number of nitrogens with two attached hydrogens (primary N) is 1. The molecule has 0 bridgehead atoms. The predicted octanol–water partition coefficient (Wildman–Crippen LogP) is 2.69. The van der Waals surface area contributed by atoms with Crippen LogP contribution in [0.3, 0.4) is 0 Å². The number of rotatable bonds is 4. The molecule has 1 saturated heterocycles. The Morgan fingerprint density at radius 2 is 1.72 bits per heavy atom. The molecule has 25 heavy (non-hydrogen) atoms. The number of piperidine rings is 1. The van der Waals surface area contributed by atoms with E-state index >= 15 is 0 Å². The summed E-state index contributed by atoms with van der Waals surface area (Å²) in [7, 11) is 0. The lowest BCUT2D eigenvalue weighted by atomic mass is 9.80. The first-order chi connectivity index (χ1) is 12.1. The van der Waals surface area contributed by atoms with Gasteiger partial charge in [0.05, 0.1) is 0 Å². The molecule has 5 nitrogen and oxygen atoms in total. The smallest absolute Gasteiger partial charge is 0.314 e. The zero-order valence-corrected chi connectivity index (χ0v) is 14.8. The Hall–Kier alpha value is -2.04. The summed E-state index contributed by atoms with van der Waals surface area (Å²) < 4.78 is 0. The highest BCUT2D eigenvalue weighted by Gasteiger charge is 2.31. The van der Waals surface area contributed by atoms with Gasteiger partial charge in [0.2, 0.25) is 5.91 Å². The van der Waals surface area contributed by atoms with Crippen LogP contribution in [-0.4, -0.2) is 36.0 Å². The van der Waals surface area contributed by atoms with E-state index in [1.165, 1.54) is 24.8 Å². The third-order valence-electron chi connectivity index (χ3n) is 5.75. The highest BCUT2D eigenvalue weighted by molar-refractivity contribution is 5.79. The predicted molar refractivity (Wildman–Crippen MR) is 97.9 cm³/mol. The number of nitrogens with one attached hydrogen (secondary N) is 1. The van der Waals surface area contributed by atoms with Crippen LogP contribution in [-0.2, 0) is 11.2 Å². The second-order valence-corrected chi connectivity index (χ2v) is 7.45. The third-order valence-corrected chi connectivity index (χ3v) is 5.75. The number of carbonyl (C=O) groups is 2. The maximum absolute atomic E-state index is 12.7. The Morgan fingerprint density at radius 1 is 1.04 bits per heavy atom. The normalized spacial score (nSPS) is 24.7. The van der Waals surface area contributed by atoms with Crippen LogP contribution in [0.1, 0.15) is 44.1 Å². The van der Waals surface area contributed by atoms with Crippen molar-refractivity contribution in [1.82, 2.24) is 10.2 Å². The Kier molecular flexibility index (Phi) is 5.95. The van der Waals surface area contributed by atoms with Gasteiger partial charge < -0.3 is 16.0 Å². The molecule has 2 atom stereocenters. The van der Waals surface area contributed by atoms with Gasteiger partial charge in [-0.15, -0.1) is 0 Å². The fourth-order valence-electron chi connectivity index (χ4n) is 4.22. The van der Waals surface area contributed by atoms with E-state index in [-0.39, 0.29) is 23.9 Å². The molecule has 3 N–H and O–H groups in total. The van der Waals surface area contributed by atoms with Crippen molar-refractivity contribution in [3.05, 3.63) is 35.9 Å². The molecule has 5 heteroatoms. The zero-order chi connectivity index (χ0) is 17.6. The molecule has 1 saturated carbocycles. The minimum atomic E-state index is -0.380. The Balaban J connectivity index is 1.54. The molecule has 1 aromatic rings. The van der Waals surface area contributed by atoms with E-state index in [4.69, 9.17) is 5.73 Å². The van der Waals surface area contributed by atoms with E-state index in [0.717, 1.165) is 12.8 Å². The maximum Gasteiger partial charge on any atom is 0.314 e. The second kappa shape index (κ2) is 8.37. The molecule has 1 aromatic carbocycles. The number of hydrogen-bond donors (Lipinski definition) is 2. The maximum atomic E-state index is 12.7. The van der Waals surface area contributed by atoms with E-state index in [9.17, 15) is 9.59 Å². The Bertz CT molecular complexity index is 582. The van der Waals surface area contributed by atoms with Gasteiger partial charge in [0, 0.05) is 25.0 Å². The monoisotopic (exact) mass is 343 g/mol. The van der Waals surface area contributed by atoms with Gasteiger partial charge in [-0.25, -0.2) is 4.79 Å². The zero-order valence-electron chi connectivity index (χ0n) is 14.8. The lowest BCUT2D eigenvalue weighted by molar-refractivity contribution is -0.127. The van der Waals surface area contributed by atoms with Gasteiger partial charge in [0.1, 0.15) is 0 Å². The molecule has 0 aromatic heterocycles. The summed E-state index contributed by atoms with van der Waals surface area (Å²) in [6.07, 6.45) is 7.15. The first-order valence-electron chi connectivity index (χ1n) is 9.52. The van der Waals surface area contributed by atoms with Crippen LogP contribution >= 0.6 is 0 Å². The van der Waals surface area contributed by atoms with Gasteiger partial charge in [-0.05, 0) is 43.6 Å². The molecular formula is C20H29N3O2. The molecule has 3 rings (SSSR count). The summed E-state index contributed by atoms with van der Waals surface area (Å²) in [5, 5.41) is 3.33. The molecule has 1 aliphatic heterocycles. The average molecular weight is 343 g/mol. The third kappa shape index (κ3) is 4.74. The number of primary amides is 1. The average Bonchev–Trinajstić information content (AvgIpc) is 2.64. The molecule has 3 amide bonds. The number of nitrogens with zero attached hydrogens (tertiary/aromatic N) is 1. The number of urea groups is 1. The summed E-state index contributed by atoms with van der Waals surface area (Å²) >= 11 is 0. The quantitative estimate of drug-likeness (QED) is 0.882. The van der Waals surface area contributed by atoms with Crippen LogP contribution in [0.5, 0.6) is 0 Å². The van der Waals surface area contributed by atoms with Gasteiger partial charge >= 0.3 is 6.03 Å². The first-order valence-corrected chi connectivity index (χ1v) is 9.52. The van der Waals surface area contributed by atoms with Crippen LogP contribution in [0.4, 0.5) is 4.79 Å². The highest BCUT2D eigenvalue weighted by Crippen LogP contribution is 2.28. The molecule has 136 valence electrons. The summed E-state index contributed by atoms with van der Waals surface area (Å²) in [4.78, 5) is 25.5. The molecule has 0 unspecified atom stereocenters. The highest BCUT2D eigenvalue weighted by atomic mass is 16.2. The summed E-state index contributed by atoms with van der Waals surface area (Å²) in [5.74, 6) is 0.690. The summed E-state index contributed by atoms with van der Waals surface area (Å²) in [6.45, 7) is 1.18. The molecule has 0 spiro atoms. The van der Waals surface area contributed by atoms with Crippen molar-refractivity contribution in [1.29, 1.82) is 0 Å². The fraction of sp³-hybridized carbons (Fsp3) is 0.600. The molecule has 1 heterocycles. The molecule has 2 fully saturated rings. The van der Waals surface area contributed by atoms with Crippen molar-refractivity contribution in [3.63, 3.8) is 0 Å². The fourth-order valence-corrected chi connectivity index (χ4v) is 4.22. The molecule has 1 aliphatic carbocycles. The van der Waals surface area contributed by atoms with Gasteiger partial charge in [0.25, 0.3) is 0 Å². The van der Waals surface area contributed by atoms with Crippen molar-refractivity contribution < 1.29 is 9.59 Å². The lowest BCUT2D eigenvalue weighted by Gasteiger charge is -2.35. The number of carbonyl (C=O) groups excluding carboxylic acids is 2. The number of hydrogen-bond acceptors (Lipinski definition) is 2. The molecular weight excluding hydrogens is 314 g/mol. The van der Waals surface area contributed by atoms with Crippen molar-refractivity contribution in [2.45, 2.75) is 51.0 Å². The first kappa shape index (κ1) is 17.8. The van der Waals surface area contributed by atoms with Crippen LogP contribution in [0.15, 0.2) is 30.3 Å². The van der Waals surface area contributed by atoms with E-state index < -0.39 is 0 Å². The van der Waals surface area contributed by atoms with Crippen molar-refractivity contribution >= 4 is 11.9 Å². The van der Waals surface area contributed by atoms with E-state index in [2.05, 4.69) is 29.6 Å². The molecule has 0 radical (unpaired) electrons. The van der Waals surface area contributed by atoms with Crippen LogP contribution in [0.2, 0.25) is 0 Å². The van der Waals surface area contributed by atoms with Gasteiger partial charge in [-0.3, -0.25) is 4.79 Å². The van der Waals surface area contributed by atoms with Gasteiger partial charge in [-0.1, -0.05) is 43.2 Å². The standard InChI is InChI=1S/C20H29N3O2/c21-20(25)23-12-10-16(11-13-23)19(24)22-18-9-5-4-8-17(18)14-15-6-2-1-3-7-15/h1-3,6-7,16-18H,4-5,8-14H2,(H2,21,25)(H,22,24)/t17-,18-/m0/s1. The Labute approximate surface area is 150 Å². The van der Waals surface area contributed by atoms with Gasteiger partial charge in [-0.2, -0.15) is 0 Å². The minimum Gasteiger partial charge on any atom is -0.353 e. The van der Waals surface area contributed by atoms with Crippen molar-refractivity contribution in [2.75, 3.05) is 13.1 Å². The number of benzene rings is 1. The molecule has 2 aliphatic rings. The van der Waals surface area contributed by atoms with Crippen molar-refractivity contribution in [2.24, 2.45) is 17.6 Å². The minimum absolute atomic E-state index is 0.00917. The SMILES string of the molecule is NC(=O)N1CCC(C(=O)N[C@H]2CCCC[C@H]2Cc2ccccc2)CC1. The number of amides is 3. The van der Waals surface area contributed by atoms with Crippen LogP contribution in [0, 0.1) is 11.8 Å². The second-order valence-electron chi connectivity index (χ2n) is 7.45. The number of likely N-dealkylation sites (tertiary alicyclic amines) is 1. The lowest BCUT2D eigenvalue weighted by Crippen LogP contribution is -2.49. The Morgan fingerprint density at radius 3 is 2.40 bits per heavy atom. The van der Waals surface area contributed by atoms with E-state index in [1.807, 2.05) is 6.07 Å². The van der Waals surface area contributed by atoms with E-state index in [0.29, 0.717) is 31.8 Å². The largest absolute Gasteiger partial charge is 0.353 e. The van der Waals surface area contributed by atoms with Crippen LogP contribution < -0.4 is 11.1 Å². The summed E-state index contributed by atoms with van der Waals surface area (Å²) in [5.41, 5.74) is 6.67. The van der Waals surface area contributed by atoms with Crippen LogP contribution in [0.25, 0.3) is 0 Å².